The van der Waals surface area contributed by atoms with E-state index in [0.29, 0.717) is 32.5 Å². The van der Waals surface area contributed by atoms with Gasteiger partial charge in [0, 0.05) is 50.1 Å². The normalized spacial score (nSPS) is 14.7. The number of alkyl halides is 3. The molecule has 4 rings (SSSR count). The van der Waals surface area contributed by atoms with Crippen LogP contribution in [0.1, 0.15) is 39.9 Å². The van der Waals surface area contributed by atoms with E-state index in [-0.39, 0.29) is 23.3 Å². The van der Waals surface area contributed by atoms with Crippen LogP contribution in [0.15, 0.2) is 67.3 Å². The van der Waals surface area contributed by atoms with Crippen LogP contribution in [0, 0.1) is 5.92 Å². The minimum Gasteiger partial charge on any atom is -0.352 e. The number of nitrogens with one attached hydrogen (secondary N) is 1. The largest absolute Gasteiger partial charge is 0.416 e. The summed E-state index contributed by atoms with van der Waals surface area (Å²) in [6.07, 6.45) is 1.99. The van der Waals surface area contributed by atoms with Crippen LogP contribution in [-0.4, -0.2) is 39.4 Å². The molecule has 0 radical (unpaired) electrons. The Bertz CT molecular complexity index is 1100. The number of carbonyl (C=O) groups excluding carboxylic acids is 2. The Hall–Kier alpha value is -3.62. The Morgan fingerprint density at radius 1 is 0.971 bits per heavy atom. The monoisotopic (exact) mass is 470 g/mol. The highest BCUT2D eigenvalue weighted by Gasteiger charge is 2.31. The van der Waals surface area contributed by atoms with Gasteiger partial charge < -0.3 is 14.8 Å². The predicted octanol–water partition coefficient (Wildman–Crippen LogP) is 4.12. The number of hydrogen-bond donors (Lipinski definition) is 1. The molecule has 0 atom stereocenters. The van der Waals surface area contributed by atoms with E-state index in [2.05, 4.69) is 10.3 Å². The molecule has 3 aromatic rings. The molecule has 1 aromatic heterocycles. The van der Waals surface area contributed by atoms with Crippen LogP contribution in [0.25, 0.3) is 0 Å². The number of hydrogen-bond acceptors (Lipinski definition) is 3. The van der Waals surface area contributed by atoms with Gasteiger partial charge in [0.1, 0.15) is 0 Å². The number of piperidine rings is 1. The first-order valence-electron chi connectivity index (χ1n) is 11.1. The maximum absolute atomic E-state index is 12.7. The topological polar surface area (TPSA) is 67.2 Å². The highest BCUT2D eigenvalue weighted by atomic mass is 19.4. The van der Waals surface area contributed by atoms with Gasteiger partial charge in [-0.15, -0.1) is 0 Å². The Balaban J connectivity index is 1.23. The van der Waals surface area contributed by atoms with Gasteiger partial charge in [-0.3, -0.25) is 9.59 Å². The second-order valence-electron chi connectivity index (χ2n) is 8.41. The van der Waals surface area contributed by atoms with Crippen molar-refractivity contribution in [3.05, 3.63) is 89.5 Å². The van der Waals surface area contributed by atoms with Crippen molar-refractivity contribution < 1.29 is 22.8 Å². The summed E-state index contributed by atoms with van der Waals surface area (Å²) >= 11 is 0. The maximum Gasteiger partial charge on any atom is 0.416 e. The van der Waals surface area contributed by atoms with Crippen molar-refractivity contribution in [3.8, 4) is 0 Å². The SMILES string of the molecule is O=C(NCc1ccc(Cn2ccnc2)cc1)C1CCN(C(=O)c2ccc(C(F)(F)F)cc2)CC1. The third-order valence-electron chi connectivity index (χ3n) is 6.03. The van der Waals surface area contributed by atoms with Crippen molar-refractivity contribution >= 4 is 11.8 Å². The molecule has 2 heterocycles. The van der Waals surface area contributed by atoms with Crippen LogP contribution in [0.4, 0.5) is 13.2 Å². The summed E-state index contributed by atoms with van der Waals surface area (Å²) in [6, 6.07) is 12.2. The van der Waals surface area contributed by atoms with Crippen molar-refractivity contribution in [1.82, 2.24) is 19.8 Å². The number of imidazole rings is 1. The van der Waals surface area contributed by atoms with Crippen molar-refractivity contribution in [1.29, 1.82) is 0 Å². The van der Waals surface area contributed by atoms with Crippen LogP contribution >= 0.6 is 0 Å². The minimum atomic E-state index is -4.43. The van der Waals surface area contributed by atoms with Gasteiger partial charge in [-0.05, 0) is 48.2 Å². The zero-order chi connectivity index (χ0) is 24.1. The second kappa shape index (κ2) is 10.1. The molecule has 0 bridgehead atoms. The van der Waals surface area contributed by atoms with Crippen LogP contribution in [0.3, 0.4) is 0 Å². The fourth-order valence-electron chi connectivity index (χ4n) is 4.02. The molecule has 0 saturated carbocycles. The molecular formula is C25H25F3N4O2. The third kappa shape index (κ3) is 5.84. The first-order valence-corrected chi connectivity index (χ1v) is 11.1. The predicted molar refractivity (Wildman–Crippen MR) is 120 cm³/mol. The number of benzene rings is 2. The lowest BCUT2D eigenvalue weighted by molar-refractivity contribution is -0.137. The molecule has 2 aromatic carbocycles. The molecule has 1 saturated heterocycles. The van der Waals surface area contributed by atoms with Crippen LogP contribution in [-0.2, 0) is 24.1 Å². The number of nitrogens with zero attached hydrogens (tertiary/aromatic N) is 3. The van der Waals surface area contributed by atoms with Gasteiger partial charge in [-0.25, -0.2) is 4.98 Å². The minimum absolute atomic E-state index is 0.0517. The van der Waals surface area contributed by atoms with E-state index in [0.717, 1.165) is 29.8 Å². The molecule has 9 heteroatoms. The summed E-state index contributed by atoms with van der Waals surface area (Å²) in [4.78, 5) is 30.8. The van der Waals surface area contributed by atoms with Gasteiger partial charge in [0.05, 0.1) is 11.9 Å². The Morgan fingerprint density at radius 3 is 2.21 bits per heavy atom. The lowest BCUT2D eigenvalue weighted by Crippen LogP contribution is -2.42. The number of aromatic nitrogens is 2. The highest BCUT2D eigenvalue weighted by Crippen LogP contribution is 2.29. The molecule has 1 aliphatic rings. The van der Waals surface area contributed by atoms with E-state index in [1.165, 1.54) is 12.1 Å². The van der Waals surface area contributed by atoms with Crippen LogP contribution in [0.2, 0.25) is 0 Å². The zero-order valence-electron chi connectivity index (χ0n) is 18.5. The summed E-state index contributed by atoms with van der Waals surface area (Å²) in [5.41, 5.74) is 1.57. The molecule has 2 amide bonds. The molecule has 1 N–H and O–H groups in total. The molecular weight excluding hydrogens is 445 g/mol. The third-order valence-corrected chi connectivity index (χ3v) is 6.03. The number of rotatable bonds is 6. The van der Waals surface area contributed by atoms with Gasteiger partial charge in [-0.2, -0.15) is 13.2 Å². The average molecular weight is 470 g/mol. The molecule has 1 fully saturated rings. The van der Waals surface area contributed by atoms with E-state index in [1.807, 2.05) is 35.0 Å². The Morgan fingerprint density at radius 2 is 1.62 bits per heavy atom. The van der Waals surface area contributed by atoms with E-state index >= 15 is 0 Å². The molecule has 0 unspecified atom stereocenters. The van der Waals surface area contributed by atoms with E-state index in [1.54, 1.807) is 17.4 Å². The smallest absolute Gasteiger partial charge is 0.352 e. The molecule has 6 nitrogen and oxygen atoms in total. The summed E-state index contributed by atoms with van der Waals surface area (Å²) in [7, 11) is 0. The highest BCUT2D eigenvalue weighted by molar-refractivity contribution is 5.94. The fraction of sp³-hybridized carbons (Fsp3) is 0.320. The Labute approximate surface area is 195 Å². The number of carbonyl (C=O) groups is 2. The van der Waals surface area contributed by atoms with E-state index < -0.39 is 11.7 Å². The van der Waals surface area contributed by atoms with Crippen molar-refractivity contribution in [2.75, 3.05) is 13.1 Å². The van der Waals surface area contributed by atoms with Crippen molar-refractivity contribution in [2.45, 2.75) is 32.1 Å². The molecule has 0 aliphatic carbocycles. The average Bonchev–Trinajstić information content (AvgIpc) is 3.36. The lowest BCUT2D eigenvalue weighted by atomic mass is 9.95. The molecule has 178 valence electrons. The van der Waals surface area contributed by atoms with Gasteiger partial charge >= 0.3 is 6.18 Å². The summed E-state index contributed by atoms with van der Waals surface area (Å²) in [5.74, 6) is -0.565. The lowest BCUT2D eigenvalue weighted by Gasteiger charge is -2.31. The number of amides is 2. The van der Waals surface area contributed by atoms with Crippen LogP contribution < -0.4 is 5.32 Å². The molecule has 1 aliphatic heterocycles. The summed E-state index contributed by atoms with van der Waals surface area (Å²) < 4.78 is 40.1. The van der Waals surface area contributed by atoms with Crippen LogP contribution in [0.5, 0.6) is 0 Å². The standard InChI is InChI=1S/C25H25F3N4O2/c26-25(27,28)22-7-5-21(6-8-22)24(34)32-12-9-20(10-13-32)23(33)30-15-18-1-3-19(4-2-18)16-31-14-11-29-17-31/h1-8,11,14,17,20H,9-10,12-13,15-16H2,(H,30,33). The first-order chi connectivity index (χ1) is 16.3. The first kappa shape index (κ1) is 23.5. The van der Waals surface area contributed by atoms with Gasteiger partial charge in [0.25, 0.3) is 5.91 Å². The summed E-state index contributed by atoms with van der Waals surface area (Å²) in [5, 5.41) is 2.97. The van der Waals surface area contributed by atoms with Gasteiger partial charge in [0.15, 0.2) is 0 Å². The summed E-state index contributed by atoms with van der Waals surface area (Å²) in [6.45, 7) is 1.94. The van der Waals surface area contributed by atoms with Gasteiger partial charge in [-0.1, -0.05) is 24.3 Å². The van der Waals surface area contributed by atoms with E-state index in [4.69, 9.17) is 0 Å². The quantitative estimate of drug-likeness (QED) is 0.590. The molecule has 0 spiro atoms. The number of halogens is 3. The maximum atomic E-state index is 12.7. The zero-order valence-corrected chi connectivity index (χ0v) is 18.5. The van der Waals surface area contributed by atoms with Crippen molar-refractivity contribution in [3.63, 3.8) is 0 Å². The van der Waals surface area contributed by atoms with E-state index in [9.17, 15) is 22.8 Å². The number of likely N-dealkylation sites (tertiary alicyclic amines) is 1. The van der Waals surface area contributed by atoms with Crippen molar-refractivity contribution in [2.24, 2.45) is 5.92 Å². The second-order valence-corrected chi connectivity index (χ2v) is 8.41. The molecule has 34 heavy (non-hydrogen) atoms. The fourth-order valence-corrected chi connectivity index (χ4v) is 4.02. The van der Waals surface area contributed by atoms with Gasteiger partial charge in [0.2, 0.25) is 5.91 Å². The Kier molecular flexibility index (Phi) is 7.00.